The Kier molecular flexibility index (Phi) is 7.79. The van der Waals surface area contributed by atoms with Gasteiger partial charge in [0, 0.05) is 51.1 Å². The zero-order chi connectivity index (χ0) is 25.3. The second-order valence-electron chi connectivity index (χ2n) is 9.05. The molecule has 35 heavy (non-hydrogen) atoms. The van der Waals surface area contributed by atoms with Crippen LogP contribution in [0.2, 0.25) is 0 Å². The second kappa shape index (κ2) is 10.3. The average molecular weight is 534 g/mol. The number of anilines is 1. The number of halogens is 3. The number of alkyl halides is 3. The minimum Gasteiger partial charge on any atom is -0.381 e. The van der Waals surface area contributed by atoms with E-state index in [2.05, 4.69) is 5.32 Å². The van der Waals surface area contributed by atoms with Crippen molar-refractivity contribution in [3.05, 3.63) is 47.3 Å². The smallest absolute Gasteiger partial charge is 0.381 e. The molecule has 2 fully saturated rings. The van der Waals surface area contributed by atoms with Gasteiger partial charge in [-0.25, -0.2) is 8.42 Å². The molecule has 1 aromatic heterocycles. The van der Waals surface area contributed by atoms with Gasteiger partial charge in [0.25, 0.3) is 10.0 Å². The van der Waals surface area contributed by atoms with E-state index in [0.29, 0.717) is 36.2 Å². The van der Waals surface area contributed by atoms with Gasteiger partial charge in [0.05, 0.1) is 6.04 Å². The minimum atomic E-state index is -4.80. The first kappa shape index (κ1) is 26.4. The first-order chi connectivity index (χ1) is 16.5. The summed E-state index contributed by atoms with van der Waals surface area (Å²) >= 11 is 1.18. The lowest BCUT2D eigenvalue weighted by Gasteiger charge is -2.43. The summed E-state index contributed by atoms with van der Waals surface area (Å²) in [7, 11) is -3.62. The summed E-state index contributed by atoms with van der Waals surface area (Å²) in [6, 6.07) is 9.00. The fraction of sp³-hybridized carbons (Fsp3) is 0.565. The van der Waals surface area contributed by atoms with Crippen LogP contribution in [0.1, 0.15) is 25.3 Å². The summed E-state index contributed by atoms with van der Waals surface area (Å²) in [6.07, 6.45) is -3.07. The van der Waals surface area contributed by atoms with Crippen LogP contribution in [-0.4, -0.2) is 75.5 Å². The summed E-state index contributed by atoms with van der Waals surface area (Å²) in [5.41, 5.74) is -2.52. The van der Waals surface area contributed by atoms with Crippen molar-refractivity contribution < 1.29 is 31.4 Å². The monoisotopic (exact) mass is 533 g/mol. The van der Waals surface area contributed by atoms with E-state index in [1.165, 1.54) is 27.8 Å². The molecule has 2 N–H and O–H groups in total. The van der Waals surface area contributed by atoms with Gasteiger partial charge < -0.3 is 20.1 Å². The van der Waals surface area contributed by atoms with Crippen molar-refractivity contribution in [3.8, 4) is 0 Å². The summed E-state index contributed by atoms with van der Waals surface area (Å²) in [5.74, 6) is 0. The molecule has 1 aromatic carbocycles. The van der Waals surface area contributed by atoms with E-state index in [1.54, 1.807) is 29.6 Å². The van der Waals surface area contributed by atoms with Crippen molar-refractivity contribution in [1.29, 1.82) is 0 Å². The van der Waals surface area contributed by atoms with E-state index in [1.807, 2.05) is 4.90 Å². The Morgan fingerprint density at radius 1 is 1.14 bits per heavy atom. The molecular formula is C23H30F3N3O4S2. The number of benzene rings is 1. The zero-order valence-electron chi connectivity index (χ0n) is 19.4. The topological polar surface area (TPSA) is 82.1 Å². The maximum absolute atomic E-state index is 13.2. The van der Waals surface area contributed by atoms with Gasteiger partial charge in [-0.1, -0.05) is 18.2 Å². The van der Waals surface area contributed by atoms with Crippen LogP contribution in [0.25, 0.3) is 0 Å². The van der Waals surface area contributed by atoms with E-state index in [-0.39, 0.29) is 30.7 Å². The summed E-state index contributed by atoms with van der Waals surface area (Å²) in [5, 5.41) is 15.2. The predicted molar refractivity (Wildman–Crippen MR) is 128 cm³/mol. The Labute approximate surface area is 207 Å². The molecule has 0 bridgehead atoms. The number of piperazine rings is 1. The van der Waals surface area contributed by atoms with Crippen molar-refractivity contribution >= 4 is 27.0 Å². The molecule has 0 spiro atoms. The lowest BCUT2D eigenvalue weighted by molar-refractivity contribution is -0.258. The molecule has 2 saturated heterocycles. The van der Waals surface area contributed by atoms with Crippen LogP contribution >= 0.6 is 11.3 Å². The first-order valence-corrected chi connectivity index (χ1v) is 13.8. The number of hydrogen-bond acceptors (Lipinski definition) is 7. The van der Waals surface area contributed by atoms with Crippen molar-refractivity contribution in [2.75, 3.05) is 44.3 Å². The third-order valence-electron chi connectivity index (χ3n) is 6.71. The molecular weight excluding hydrogens is 503 g/mol. The number of nitrogens with one attached hydrogen (secondary N) is 1. The Morgan fingerprint density at radius 2 is 1.83 bits per heavy atom. The third kappa shape index (κ3) is 5.67. The first-order valence-electron chi connectivity index (χ1n) is 11.5. The highest BCUT2D eigenvalue weighted by Gasteiger charge is 2.51. The van der Waals surface area contributed by atoms with Crippen LogP contribution in [0.15, 0.2) is 46.0 Å². The molecule has 12 heteroatoms. The van der Waals surface area contributed by atoms with Crippen LogP contribution in [0.3, 0.4) is 0 Å². The van der Waals surface area contributed by atoms with Crippen molar-refractivity contribution in [3.63, 3.8) is 0 Å². The maximum Gasteiger partial charge on any atom is 0.421 e. The summed E-state index contributed by atoms with van der Waals surface area (Å²) in [4.78, 5) is 2.03. The van der Waals surface area contributed by atoms with Gasteiger partial charge in [-0.05, 0) is 48.9 Å². The standard InChI is InChI=1S/C23H30F3N3O4S2/c1-22(30,23(24,25)26)17-4-6-19(7-5-17)29-11-10-28(35(31,32)21-3-2-14-34-21)16-20(29)15-27-18-8-12-33-13-9-18/h2-7,14,18,20,27,30H,8-13,15-16H2,1H3/t20-,22?/m0/s1. The Morgan fingerprint density at radius 3 is 2.43 bits per heavy atom. The van der Waals surface area contributed by atoms with Gasteiger partial charge in [0.15, 0.2) is 5.60 Å². The number of ether oxygens (including phenoxy) is 1. The molecule has 2 aliphatic heterocycles. The molecule has 3 heterocycles. The molecule has 2 aliphatic rings. The molecule has 0 amide bonds. The molecule has 194 valence electrons. The van der Waals surface area contributed by atoms with Gasteiger partial charge in [-0.15, -0.1) is 11.3 Å². The largest absolute Gasteiger partial charge is 0.421 e. The molecule has 0 radical (unpaired) electrons. The van der Waals surface area contributed by atoms with Crippen LogP contribution in [-0.2, 0) is 20.4 Å². The van der Waals surface area contributed by atoms with Gasteiger partial charge in [-0.3, -0.25) is 0 Å². The summed E-state index contributed by atoms with van der Waals surface area (Å²) < 4.78 is 73.2. The fourth-order valence-electron chi connectivity index (χ4n) is 4.44. The van der Waals surface area contributed by atoms with Crippen LogP contribution in [0.5, 0.6) is 0 Å². The van der Waals surface area contributed by atoms with Gasteiger partial charge in [0.1, 0.15) is 4.21 Å². The summed E-state index contributed by atoms with van der Waals surface area (Å²) in [6.45, 7) is 3.49. The fourth-order valence-corrected chi connectivity index (χ4v) is 7.06. The average Bonchev–Trinajstić information content (AvgIpc) is 3.39. The van der Waals surface area contributed by atoms with Crippen LogP contribution in [0, 0.1) is 0 Å². The molecule has 7 nitrogen and oxygen atoms in total. The van der Waals surface area contributed by atoms with E-state index in [9.17, 15) is 26.7 Å². The van der Waals surface area contributed by atoms with E-state index in [4.69, 9.17) is 4.74 Å². The van der Waals surface area contributed by atoms with E-state index >= 15 is 0 Å². The SMILES string of the molecule is CC(O)(c1ccc(N2CCN(S(=O)(=O)c3cccs3)C[C@@H]2CNC2CCOCC2)cc1)C(F)(F)F. The number of nitrogens with zero attached hydrogens (tertiary/aromatic N) is 2. The zero-order valence-corrected chi connectivity index (χ0v) is 21.0. The van der Waals surface area contributed by atoms with Crippen molar-refractivity contribution in [1.82, 2.24) is 9.62 Å². The lowest BCUT2D eigenvalue weighted by atomic mass is 9.95. The highest BCUT2D eigenvalue weighted by molar-refractivity contribution is 7.91. The lowest BCUT2D eigenvalue weighted by Crippen LogP contribution is -2.58. The van der Waals surface area contributed by atoms with Crippen molar-refractivity contribution in [2.24, 2.45) is 0 Å². The Hall–Kier alpha value is -1.70. The number of thiophene rings is 1. The number of hydrogen-bond donors (Lipinski definition) is 2. The molecule has 1 unspecified atom stereocenters. The van der Waals surface area contributed by atoms with Crippen LogP contribution < -0.4 is 10.2 Å². The Bertz CT molecular complexity index is 1070. The van der Waals surface area contributed by atoms with Crippen molar-refractivity contribution in [2.45, 2.75) is 47.8 Å². The molecule has 0 aliphatic carbocycles. The van der Waals surface area contributed by atoms with Crippen LogP contribution in [0.4, 0.5) is 18.9 Å². The maximum atomic E-state index is 13.2. The minimum absolute atomic E-state index is 0.227. The van der Waals surface area contributed by atoms with E-state index < -0.39 is 21.8 Å². The molecule has 2 aromatic rings. The third-order valence-corrected chi connectivity index (χ3v) is 9.95. The van der Waals surface area contributed by atoms with Gasteiger partial charge in [-0.2, -0.15) is 17.5 Å². The highest BCUT2D eigenvalue weighted by Crippen LogP contribution is 2.39. The second-order valence-corrected chi connectivity index (χ2v) is 12.2. The molecule has 4 rings (SSSR count). The number of rotatable bonds is 7. The molecule has 2 atom stereocenters. The van der Waals surface area contributed by atoms with E-state index in [0.717, 1.165) is 19.8 Å². The predicted octanol–water partition coefficient (Wildman–Crippen LogP) is 3.17. The molecule has 0 saturated carbocycles. The number of sulfonamides is 1. The number of aliphatic hydroxyl groups is 1. The van der Waals surface area contributed by atoms with Gasteiger partial charge >= 0.3 is 6.18 Å². The Balaban J connectivity index is 1.55. The highest BCUT2D eigenvalue weighted by atomic mass is 32.2. The normalized spacial score (nSPS) is 22.8. The quantitative estimate of drug-likeness (QED) is 0.569. The van der Waals surface area contributed by atoms with Gasteiger partial charge in [0.2, 0.25) is 0 Å².